The van der Waals surface area contributed by atoms with Gasteiger partial charge in [-0.15, -0.1) is 0 Å². The van der Waals surface area contributed by atoms with E-state index in [9.17, 15) is 22.8 Å². The Bertz CT molecular complexity index is 1700. The largest absolute Gasteiger partial charge is 0.478 e. The Morgan fingerprint density at radius 3 is 2.05 bits per heavy atom. The summed E-state index contributed by atoms with van der Waals surface area (Å²) in [5, 5.41) is 17.6. The fraction of sp³-hybridized carbons (Fsp3) is 0.0357. The van der Waals surface area contributed by atoms with Gasteiger partial charge in [0.2, 0.25) is 0 Å². The van der Waals surface area contributed by atoms with E-state index in [0.717, 1.165) is 6.07 Å². The van der Waals surface area contributed by atoms with Crippen LogP contribution in [0.4, 0.5) is 24.5 Å². The lowest BCUT2D eigenvalue weighted by molar-refractivity contribution is -0.138. The van der Waals surface area contributed by atoms with Crippen molar-refractivity contribution in [3.8, 4) is 22.9 Å². The predicted molar refractivity (Wildman–Crippen MR) is 142 cm³/mol. The summed E-state index contributed by atoms with van der Waals surface area (Å²) >= 11 is 0. The molecule has 5 rings (SSSR count). The first-order valence-corrected chi connectivity index (χ1v) is 11.5. The van der Waals surface area contributed by atoms with Crippen molar-refractivity contribution in [2.24, 2.45) is 0 Å². The zero-order valence-electron chi connectivity index (χ0n) is 20.4. The van der Waals surface area contributed by atoms with Crippen LogP contribution in [-0.2, 0) is 6.18 Å². The molecule has 9 nitrogen and oxygen atoms in total. The number of carboxylic acid groups (broad SMARTS) is 2. The molecule has 7 N–H and O–H groups in total. The number of rotatable bonds is 5. The standard InChI is InChI=1S/C21H13F3N2O3.C7H8N2O2/c22-21(23,24)15-3-1-2-4-18(15)29-14-8-5-12(6-9-14)19-25-16-10-7-13(20(27)28)11-17(16)26-19;8-5-2-1-4(7(10)11)3-6(5)9/h1-11H,(H,25,26)(H,27,28);1-3H,8-9H2,(H,10,11). The number of nitrogens with one attached hydrogen (secondary N) is 1. The van der Waals surface area contributed by atoms with Crippen LogP contribution in [0.1, 0.15) is 26.3 Å². The Kier molecular flexibility index (Phi) is 7.62. The number of ether oxygens (including phenoxy) is 1. The Morgan fingerprint density at radius 1 is 0.800 bits per heavy atom. The Hall–Kier alpha value is -5.52. The summed E-state index contributed by atoms with van der Waals surface area (Å²) in [7, 11) is 0. The summed E-state index contributed by atoms with van der Waals surface area (Å²) in [6.07, 6.45) is -4.51. The lowest BCUT2D eigenvalue weighted by atomic mass is 10.2. The number of nitrogens with zero attached hydrogens (tertiary/aromatic N) is 1. The minimum absolute atomic E-state index is 0.139. The van der Waals surface area contributed by atoms with Crippen molar-refractivity contribution < 1.29 is 37.7 Å². The maximum atomic E-state index is 13.1. The second-order valence-electron chi connectivity index (χ2n) is 8.39. The fourth-order valence-corrected chi connectivity index (χ4v) is 3.58. The summed E-state index contributed by atoms with van der Waals surface area (Å²) in [4.78, 5) is 28.9. The van der Waals surface area contributed by atoms with Crippen LogP contribution in [0.3, 0.4) is 0 Å². The lowest BCUT2D eigenvalue weighted by Gasteiger charge is -2.13. The van der Waals surface area contributed by atoms with Crippen molar-refractivity contribution in [1.29, 1.82) is 0 Å². The number of imidazole rings is 1. The molecule has 12 heteroatoms. The molecular formula is C28H21F3N4O5. The summed E-state index contributed by atoms with van der Waals surface area (Å²) in [6, 6.07) is 20.1. The molecule has 0 aliphatic rings. The molecule has 0 aliphatic carbocycles. The number of hydrogen-bond donors (Lipinski definition) is 5. The van der Waals surface area contributed by atoms with E-state index in [0.29, 0.717) is 33.8 Å². The van der Waals surface area contributed by atoms with E-state index in [1.54, 1.807) is 30.3 Å². The molecular weight excluding hydrogens is 529 g/mol. The van der Waals surface area contributed by atoms with Crippen LogP contribution in [0.15, 0.2) is 84.9 Å². The molecule has 0 radical (unpaired) electrons. The number of fused-ring (bicyclic) bond motifs is 1. The van der Waals surface area contributed by atoms with Gasteiger partial charge in [0.1, 0.15) is 17.3 Å². The summed E-state index contributed by atoms with van der Waals surface area (Å²) in [5.74, 6) is -1.57. The van der Waals surface area contributed by atoms with Gasteiger partial charge in [-0.2, -0.15) is 13.2 Å². The average Bonchev–Trinajstić information content (AvgIpc) is 3.34. The van der Waals surface area contributed by atoms with Crippen molar-refractivity contribution in [1.82, 2.24) is 9.97 Å². The average molecular weight is 550 g/mol. The smallest absolute Gasteiger partial charge is 0.419 e. The molecule has 0 saturated carbocycles. The molecule has 0 unspecified atom stereocenters. The summed E-state index contributed by atoms with van der Waals surface area (Å²) in [5.41, 5.74) is 12.7. The molecule has 40 heavy (non-hydrogen) atoms. The van der Waals surface area contributed by atoms with Crippen molar-refractivity contribution in [3.05, 3.63) is 102 Å². The van der Waals surface area contributed by atoms with Crippen LogP contribution < -0.4 is 16.2 Å². The van der Waals surface area contributed by atoms with Gasteiger partial charge in [-0.3, -0.25) is 0 Å². The van der Waals surface area contributed by atoms with Crippen molar-refractivity contribution in [2.45, 2.75) is 6.18 Å². The summed E-state index contributed by atoms with van der Waals surface area (Å²) < 4.78 is 44.7. The number of benzene rings is 4. The number of anilines is 2. The van der Waals surface area contributed by atoms with Crippen LogP contribution in [0.5, 0.6) is 11.5 Å². The number of carbonyl (C=O) groups is 2. The van der Waals surface area contributed by atoms with E-state index >= 15 is 0 Å². The Morgan fingerprint density at radius 2 is 1.43 bits per heavy atom. The first kappa shape index (κ1) is 27.5. The molecule has 0 atom stereocenters. The maximum absolute atomic E-state index is 13.1. The molecule has 0 spiro atoms. The number of carboxylic acids is 2. The van der Waals surface area contributed by atoms with Gasteiger partial charge in [0.25, 0.3) is 0 Å². The quantitative estimate of drug-likeness (QED) is 0.159. The van der Waals surface area contributed by atoms with Gasteiger partial charge >= 0.3 is 18.1 Å². The van der Waals surface area contributed by atoms with Crippen LogP contribution in [0, 0.1) is 0 Å². The number of aromatic nitrogens is 2. The second kappa shape index (κ2) is 11.1. The van der Waals surface area contributed by atoms with Gasteiger partial charge in [0.05, 0.1) is 39.1 Å². The molecule has 0 bridgehead atoms. The zero-order chi connectivity index (χ0) is 29.0. The van der Waals surface area contributed by atoms with Gasteiger partial charge in [-0.25, -0.2) is 14.6 Å². The summed E-state index contributed by atoms with van der Waals surface area (Å²) in [6.45, 7) is 0. The normalized spacial score (nSPS) is 11.0. The minimum atomic E-state index is -4.51. The molecule has 0 aliphatic heterocycles. The van der Waals surface area contributed by atoms with Gasteiger partial charge in [-0.1, -0.05) is 12.1 Å². The number of hydrogen-bond acceptors (Lipinski definition) is 6. The maximum Gasteiger partial charge on any atom is 0.419 e. The minimum Gasteiger partial charge on any atom is -0.478 e. The van der Waals surface area contributed by atoms with E-state index in [4.69, 9.17) is 26.4 Å². The molecule has 0 amide bonds. The van der Waals surface area contributed by atoms with Gasteiger partial charge in [0, 0.05) is 5.56 Å². The van der Waals surface area contributed by atoms with E-state index in [2.05, 4.69) is 9.97 Å². The van der Waals surface area contributed by atoms with E-state index in [-0.39, 0.29) is 22.6 Å². The van der Waals surface area contributed by atoms with Gasteiger partial charge < -0.3 is 31.4 Å². The molecule has 0 saturated heterocycles. The first-order valence-electron chi connectivity index (χ1n) is 11.5. The SMILES string of the molecule is Nc1ccc(C(=O)O)cc1N.O=C(O)c1ccc2nc(-c3ccc(Oc4ccccc4C(F)(F)F)cc3)[nH]c2c1. The van der Waals surface area contributed by atoms with Gasteiger partial charge in [0.15, 0.2) is 0 Å². The highest BCUT2D eigenvalue weighted by Crippen LogP contribution is 2.38. The van der Waals surface area contributed by atoms with Crippen LogP contribution >= 0.6 is 0 Å². The monoisotopic (exact) mass is 550 g/mol. The number of aromatic amines is 1. The number of aromatic carboxylic acids is 2. The topological polar surface area (TPSA) is 165 Å². The van der Waals surface area contributed by atoms with E-state index in [1.165, 1.54) is 48.5 Å². The van der Waals surface area contributed by atoms with Crippen LogP contribution in [0.2, 0.25) is 0 Å². The van der Waals surface area contributed by atoms with Crippen molar-refractivity contribution >= 4 is 34.3 Å². The van der Waals surface area contributed by atoms with E-state index in [1.807, 2.05) is 0 Å². The molecule has 204 valence electrons. The zero-order valence-corrected chi connectivity index (χ0v) is 20.4. The number of nitrogen functional groups attached to an aromatic ring is 2. The number of alkyl halides is 3. The predicted octanol–water partition coefficient (Wildman–Crippen LogP) is 6.29. The molecule has 1 heterocycles. The Balaban J connectivity index is 0.000000283. The Labute approximate surface area is 224 Å². The molecule has 5 aromatic rings. The highest BCUT2D eigenvalue weighted by Gasteiger charge is 2.34. The van der Waals surface area contributed by atoms with Crippen molar-refractivity contribution in [2.75, 3.05) is 11.5 Å². The number of halogens is 3. The number of para-hydroxylation sites is 1. The fourth-order valence-electron chi connectivity index (χ4n) is 3.58. The molecule has 4 aromatic carbocycles. The molecule has 0 fully saturated rings. The van der Waals surface area contributed by atoms with Crippen LogP contribution in [0.25, 0.3) is 22.4 Å². The third-order valence-corrected chi connectivity index (χ3v) is 5.61. The second-order valence-corrected chi connectivity index (χ2v) is 8.39. The lowest BCUT2D eigenvalue weighted by Crippen LogP contribution is -2.06. The van der Waals surface area contributed by atoms with Crippen molar-refractivity contribution in [3.63, 3.8) is 0 Å². The van der Waals surface area contributed by atoms with E-state index < -0.39 is 23.7 Å². The third-order valence-electron chi connectivity index (χ3n) is 5.61. The van der Waals surface area contributed by atoms with Crippen LogP contribution in [-0.4, -0.2) is 32.1 Å². The number of nitrogens with two attached hydrogens (primary N) is 2. The first-order chi connectivity index (χ1) is 18.9. The van der Waals surface area contributed by atoms with Gasteiger partial charge in [-0.05, 0) is 72.8 Å². The highest BCUT2D eigenvalue weighted by molar-refractivity contribution is 5.93. The third kappa shape index (κ3) is 6.30. The highest BCUT2D eigenvalue weighted by atomic mass is 19.4. The number of H-pyrrole nitrogens is 1. The molecule has 1 aromatic heterocycles.